The van der Waals surface area contributed by atoms with Crippen LogP contribution in [0.25, 0.3) is 10.8 Å². The highest BCUT2D eigenvalue weighted by Crippen LogP contribution is 2.25. The predicted octanol–water partition coefficient (Wildman–Crippen LogP) is 5.18. The number of aromatic nitrogens is 1. The van der Waals surface area contributed by atoms with E-state index in [4.69, 9.17) is 20.8 Å². The molecule has 0 saturated carbocycles. The second-order valence-corrected chi connectivity index (χ2v) is 6.59. The van der Waals surface area contributed by atoms with Gasteiger partial charge in [-0.05, 0) is 29.6 Å². The summed E-state index contributed by atoms with van der Waals surface area (Å²) in [6.45, 7) is 0.0244. The second kappa shape index (κ2) is 6.64. The predicted molar refractivity (Wildman–Crippen MR) is 88.1 cm³/mol. The van der Waals surface area contributed by atoms with Crippen molar-refractivity contribution in [3.05, 3.63) is 62.7 Å². The van der Waals surface area contributed by atoms with Crippen molar-refractivity contribution in [2.24, 2.45) is 0 Å². The third-order valence-electron chi connectivity index (χ3n) is 2.78. The number of rotatable bonds is 4. The quantitative estimate of drug-likeness (QED) is 0.568. The van der Waals surface area contributed by atoms with Gasteiger partial charge in [0.05, 0.1) is 15.5 Å². The summed E-state index contributed by atoms with van der Waals surface area (Å²) < 4.78 is 11.3. The van der Waals surface area contributed by atoms with Crippen LogP contribution in [-0.2, 0) is 11.3 Å². The van der Waals surface area contributed by atoms with Crippen molar-refractivity contribution in [3.8, 4) is 10.8 Å². The molecule has 2 heterocycles. The Bertz CT molecular complexity index is 801. The first-order valence-corrected chi connectivity index (χ1v) is 8.29. The van der Waals surface area contributed by atoms with E-state index < -0.39 is 5.97 Å². The molecule has 4 nitrogen and oxygen atoms in total. The first kappa shape index (κ1) is 15.3. The average molecular weight is 399 g/mol. The molecular formula is C15H9BrClNO3S. The second-order valence-electron chi connectivity index (χ2n) is 4.32. The van der Waals surface area contributed by atoms with E-state index >= 15 is 0 Å². The fourth-order valence-corrected chi connectivity index (χ4v) is 2.97. The molecule has 1 aromatic carbocycles. The Morgan fingerprint density at radius 2 is 2.27 bits per heavy atom. The molecule has 0 fully saturated rings. The Morgan fingerprint density at radius 1 is 1.41 bits per heavy atom. The van der Waals surface area contributed by atoms with Crippen molar-refractivity contribution in [3.63, 3.8) is 0 Å². The molecule has 0 N–H and O–H groups in total. The zero-order valence-electron chi connectivity index (χ0n) is 11.1. The van der Waals surface area contributed by atoms with Crippen LogP contribution in [0.2, 0.25) is 5.02 Å². The number of halogens is 2. The highest BCUT2D eigenvalue weighted by Gasteiger charge is 2.14. The summed E-state index contributed by atoms with van der Waals surface area (Å²) in [6, 6.07) is 8.83. The highest BCUT2D eigenvalue weighted by molar-refractivity contribution is 9.10. The van der Waals surface area contributed by atoms with E-state index in [-0.39, 0.29) is 6.61 Å². The molecule has 3 rings (SSSR count). The number of carbonyl (C=O) groups excluding carboxylic acids is 1. The fourth-order valence-electron chi connectivity index (χ4n) is 1.76. The van der Waals surface area contributed by atoms with Crippen molar-refractivity contribution in [1.82, 2.24) is 4.98 Å². The molecule has 7 heteroatoms. The average Bonchev–Trinajstić information content (AvgIpc) is 3.17. The number of thiophene rings is 1. The Balaban J connectivity index is 1.67. The summed E-state index contributed by atoms with van der Waals surface area (Å²) in [4.78, 5) is 17.2. The lowest BCUT2D eigenvalue weighted by Crippen LogP contribution is -2.06. The van der Waals surface area contributed by atoms with Crippen LogP contribution in [0.5, 0.6) is 0 Å². The number of benzene rings is 1. The molecule has 0 amide bonds. The molecule has 2 aromatic heterocycles. The van der Waals surface area contributed by atoms with Crippen LogP contribution >= 0.6 is 38.9 Å². The molecule has 0 unspecified atom stereocenters. The van der Waals surface area contributed by atoms with Gasteiger partial charge in [-0.1, -0.05) is 33.6 Å². The number of hydrogen-bond donors (Lipinski definition) is 0. The lowest BCUT2D eigenvalue weighted by Gasteiger charge is -2.05. The van der Waals surface area contributed by atoms with E-state index in [2.05, 4.69) is 20.9 Å². The number of esters is 1. The molecule has 0 aliphatic rings. The Kier molecular flexibility index (Phi) is 4.61. The SMILES string of the molecule is O=C(OCc1coc(-c2cccs2)n1)c1cc(Br)ccc1Cl. The van der Waals surface area contributed by atoms with Crippen LogP contribution in [-0.4, -0.2) is 11.0 Å². The maximum Gasteiger partial charge on any atom is 0.340 e. The van der Waals surface area contributed by atoms with Gasteiger partial charge in [-0.3, -0.25) is 0 Å². The monoisotopic (exact) mass is 397 g/mol. The van der Waals surface area contributed by atoms with Gasteiger partial charge in [0.15, 0.2) is 0 Å². The largest absolute Gasteiger partial charge is 0.455 e. The number of hydrogen-bond acceptors (Lipinski definition) is 5. The van der Waals surface area contributed by atoms with Crippen LogP contribution < -0.4 is 0 Å². The highest BCUT2D eigenvalue weighted by atomic mass is 79.9. The van der Waals surface area contributed by atoms with Crippen molar-refractivity contribution < 1.29 is 13.9 Å². The fraction of sp³-hybridized carbons (Fsp3) is 0.0667. The lowest BCUT2D eigenvalue weighted by atomic mass is 10.2. The van der Waals surface area contributed by atoms with Crippen molar-refractivity contribution in [2.75, 3.05) is 0 Å². The summed E-state index contributed by atoms with van der Waals surface area (Å²) in [5.74, 6) is 0.00788. The third-order valence-corrected chi connectivity index (χ3v) is 4.46. The van der Waals surface area contributed by atoms with Crippen LogP contribution in [0, 0.1) is 0 Å². The van der Waals surface area contributed by atoms with Crippen molar-refractivity contribution in [2.45, 2.75) is 6.61 Å². The third kappa shape index (κ3) is 3.40. The van der Waals surface area contributed by atoms with Gasteiger partial charge in [0.25, 0.3) is 0 Å². The summed E-state index contributed by atoms with van der Waals surface area (Å²) in [7, 11) is 0. The van der Waals surface area contributed by atoms with E-state index in [0.29, 0.717) is 22.2 Å². The standard InChI is InChI=1S/C15H9BrClNO3S/c16-9-3-4-12(17)11(6-9)15(19)21-8-10-7-20-14(18-10)13-2-1-5-22-13/h1-7H,8H2. The van der Waals surface area contributed by atoms with Gasteiger partial charge < -0.3 is 9.15 Å². The smallest absolute Gasteiger partial charge is 0.340 e. The van der Waals surface area contributed by atoms with Gasteiger partial charge in [-0.15, -0.1) is 11.3 Å². The molecule has 112 valence electrons. The molecule has 0 atom stereocenters. The number of ether oxygens (including phenoxy) is 1. The topological polar surface area (TPSA) is 52.3 Å². The Hall–Kier alpha value is -1.63. The summed E-state index contributed by atoms with van der Waals surface area (Å²) in [5.41, 5.74) is 0.848. The Morgan fingerprint density at radius 3 is 3.05 bits per heavy atom. The van der Waals surface area contributed by atoms with Crippen LogP contribution in [0.4, 0.5) is 0 Å². The summed E-state index contributed by atoms with van der Waals surface area (Å²) in [5, 5.41) is 2.28. The van der Waals surface area contributed by atoms with E-state index in [1.54, 1.807) is 18.2 Å². The maximum atomic E-state index is 12.0. The molecule has 0 radical (unpaired) electrons. The van der Waals surface area contributed by atoms with E-state index in [1.807, 2.05) is 17.5 Å². The first-order chi connectivity index (χ1) is 10.6. The molecule has 22 heavy (non-hydrogen) atoms. The van der Waals surface area contributed by atoms with E-state index in [1.165, 1.54) is 17.6 Å². The summed E-state index contributed by atoms with van der Waals surface area (Å²) >= 11 is 10.8. The molecule has 3 aromatic rings. The van der Waals surface area contributed by atoms with Crippen LogP contribution in [0.1, 0.15) is 16.1 Å². The molecule has 0 aliphatic heterocycles. The number of nitrogens with zero attached hydrogens (tertiary/aromatic N) is 1. The van der Waals surface area contributed by atoms with E-state index in [0.717, 1.165) is 9.35 Å². The van der Waals surface area contributed by atoms with E-state index in [9.17, 15) is 4.79 Å². The van der Waals surface area contributed by atoms with Gasteiger partial charge in [0.2, 0.25) is 5.89 Å². The normalized spacial score (nSPS) is 10.6. The molecule has 0 saturated heterocycles. The van der Waals surface area contributed by atoms with Gasteiger partial charge >= 0.3 is 5.97 Å². The Labute approximate surface area is 143 Å². The maximum absolute atomic E-state index is 12.0. The molecule has 0 bridgehead atoms. The minimum Gasteiger partial charge on any atom is -0.455 e. The first-order valence-electron chi connectivity index (χ1n) is 6.24. The minimum absolute atomic E-state index is 0.0244. The molecule has 0 aliphatic carbocycles. The van der Waals surface area contributed by atoms with Gasteiger partial charge in [-0.25, -0.2) is 9.78 Å². The number of carbonyl (C=O) groups is 1. The van der Waals surface area contributed by atoms with Crippen LogP contribution in [0.3, 0.4) is 0 Å². The van der Waals surface area contributed by atoms with Gasteiger partial charge in [0, 0.05) is 4.47 Å². The van der Waals surface area contributed by atoms with Crippen molar-refractivity contribution >= 4 is 44.8 Å². The lowest BCUT2D eigenvalue weighted by molar-refractivity contribution is 0.0468. The molecule has 0 spiro atoms. The minimum atomic E-state index is -0.507. The van der Waals surface area contributed by atoms with Gasteiger partial charge in [-0.2, -0.15) is 0 Å². The molecular weight excluding hydrogens is 390 g/mol. The van der Waals surface area contributed by atoms with Gasteiger partial charge in [0.1, 0.15) is 18.6 Å². The van der Waals surface area contributed by atoms with Crippen molar-refractivity contribution in [1.29, 1.82) is 0 Å². The zero-order chi connectivity index (χ0) is 15.5. The zero-order valence-corrected chi connectivity index (χ0v) is 14.2. The number of oxazole rings is 1. The summed E-state index contributed by atoms with van der Waals surface area (Å²) in [6.07, 6.45) is 1.48. The van der Waals surface area contributed by atoms with Crippen LogP contribution in [0.15, 0.2) is 50.9 Å².